The number of H-pyrrole nitrogens is 1. The Hall–Kier alpha value is -1.58. The van der Waals surface area contributed by atoms with Crippen LogP contribution >= 0.6 is 0 Å². The van der Waals surface area contributed by atoms with Gasteiger partial charge >= 0.3 is 0 Å². The molecule has 0 radical (unpaired) electrons. The molecule has 0 amide bonds. The summed E-state index contributed by atoms with van der Waals surface area (Å²) in [6.45, 7) is 3.10. The third-order valence-corrected chi connectivity index (χ3v) is 2.11. The van der Waals surface area contributed by atoms with Crippen LogP contribution in [0.25, 0.3) is 11.0 Å². The van der Waals surface area contributed by atoms with Crippen molar-refractivity contribution in [3.63, 3.8) is 0 Å². The van der Waals surface area contributed by atoms with Gasteiger partial charge in [-0.15, -0.1) is 0 Å². The smallest absolute Gasteiger partial charge is 0.223 e. The second-order valence-corrected chi connectivity index (χ2v) is 3.25. The van der Waals surface area contributed by atoms with Crippen molar-refractivity contribution in [3.8, 4) is 0 Å². The van der Waals surface area contributed by atoms with E-state index in [2.05, 4.69) is 27.2 Å². The summed E-state index contributed by atoms with van der Waals surface area (Å²) in [7, 11) is 0. The quantitative estimate of drug-likeness (QED) is 0.736. The van der Waals surface area contributed by atoms with Crippen LogP contribution in [-0.2, 0) is 0 Å². The van der Waals surface area contributed by atoms with Gasteiger partial charge in [0, 0.05) is 15.6 Å². The molecule has 0 fully saturated rings. The van der Waals surface area contributed by atoms with Gasteiger partial charge in [0.1, 0.15) is 0 Å². The van der Waals surface area contributed by atoms with Gasteiger partial charge in [0.25, 0.3) is 0 Å². The first-order valence-electron chi connectivity index (χ1n) is 4.94. The Balaban J connectivity index is 0.00000112. The molecule has 0 aliphatic heterocycles. The van der Waals surface area contributed by atoms with Gasteiger partial charge in [-0.3, -0.25) is 0 Å². The van der Waals surface area contributed by atoms with Gasteiger partial charge in [-0.2, -0.15) is 0 Å². The lowest BCUT2D eigenvalue weighted by Gasteiger charge is -2.02. The Morgan fingerprint density at radius 3 is 3.36 bits per heavy atom. The average molecular weight is 194 g/mol. The van der Waals surface area contributed by atoms with Crippen LogP contribution in [-0.4, -0.2) is 21.5 Å². The second kappa shape index (κ2) is 4.09. The lowest BCUT2D eigenvalue weighted by molar-refractivity contribution is 0.827. The maximum absolute atomic E-state index is 4.35. The zero-order chi connectivity index (χ0) is 9.80. The molecule has 0 bridgehead atoms. The first kappa shape index (κ1) is 8.99. The first-order valence-corrected chi connectivity index (χ1v) is 4.94. The molecule has 2 aromatic rings. The van der Waals surface area contributed by atoms with E-state index in [9.17, 15) is 0 Å². The zero-order valence-electron chi connectivity index (χ0n) is 8.25. The number of nitrogens with one attached hydrogen (secondary N) is 2. The van der Waals surface area contributed by atoms with E-state index in [0.717, 1.165) is 24.0 Å². The monoisotopic (exact) mass is 194 g/mol. The number of nitrogens with zero attached hydrogens (tertiary/aromatic N) is 2. The molecule has 2 rings (SSSR count). The fourth-order valence-corrected chi connectivity index (χ4v) is 1.31. The number of aromatic amines is 1. The molecule has 0 saturated carbocycles. The Labute approximate surface area is 85.7 Å². The summed E-state index contributed by atoms with van der Waals surface area (Å²) in [4.78, 5) is 11.6. The summed E-state index contributed by atoms with van der Waals surface area (Å²) in [5.41, 5.74) is 1.94. The number of fused-ring (bicyclic) bond motifs is 1. The van der Waals surface area contributed by atoms with Gasteiger partial charge < -0.3 is 10.3 Å². The van der Waals surface area contributed by atoms with Crippen LogP contribution in [0.2, 0.25) is 0 Å². The summed E-state index contributed by atoms with van der Waals surface area (Å²) in [5.74, 6) is 0.713. The SMILES string of the molecule is CCCCNc1ncc2[nH]ccc2n1.[HH].[HH]. The summed E-state index contributed by atoms with van der Waals surface area (Å²) in [6.07, 6.45) is 6.00. The highest BCUT2D eigenvalue weighted by molar-refractivity contribution is 5.74. The minimum Gasteiger partial charge on any atom is -0.359 e. The number of rotatable bonds is 4. The molecular formula is C10H18N4. The highest BCUT2D eigenvalue weighted by Crippen LogP contribution is 2.09. The van der Waals surface area contributed by atoms with Crippen molar-refractivity contribution in [2.24, 2.45) is 0 Å². The van der Waals surface area contributed by atoms with Gasteiger partial charge in [0.05, 0.1) is 17.2 Å². The van der Waals surface area contributed by atoms with E-state index in [4.69, 9.17) is 0 Å². The fourth-order valence-electron chi connectivity index (χ4n) is 1.31. The Kier molecular flexibility index (Phi) is 2.62. The second-order valence-electron chi connectivity index (χ2n) is 3.25. The van der Waals surface area contributed by atoms with Crippen molar-refractivity contribution in [3.05, 3.63) is 18.5 Å². The first-order chi connectivity index (χ1) is 6.90. The molecule has 0 unspecified atom stereocenters. The molecule has 0 aliphatic carbocycles. The Bertz CT molecular complexity index is 416. The Morgan fingerprint density at radius 1 is 1.57 bits per heavy atom. The Morgan fingerprint density at radius 2 is 2.50 bits per heavy atom. The molecule has 78 valence electrons. The largest absolute Gasteiger partial charge is 0.359 e. The number of hydrogen-bond donors (Lipinski definition) is 2. The van der Waals surface area contributed by atoms with Crippen LogP contribution in [0.1, 0.15) is 22.6 Å². The number of aromatic nitrogens is 3. The zero-order valence-corrected chi connectivity index (χ0v) is 8.25. The molecule has 4 nitrogen and oxygen atoms in total. The van der Waals surface area contributed by atoms with Crippen molar-refractivity contribution in [2.75, 3.05) is 11.9 Å². The van der Waals surface area contributed by atoms with Crippen LogP contribution in [0.4, 0.5) is 5.95 Å². The lowest BCUT2D eigenvalue weighted by Crippen LogP contribution is -2.04. The van der Waals surface area contributed by atoms with Crippen molar-refractivity contribution in [2.45, 2.75) is 19.8 Å². The molecule has 2 N–H and O–H groups in total. The third-order valence-electron chi connectivity index (χ3n) is 2.11. The minimum absolute atomic E-state index is 0. The topological polar surface area (TPSA) is 53.6 Å². The standard InChI is InChI=1S/C10H14N4.2H2/c1-2-3-5-12-10-13-7-9-8(14-10)4-6-11-9;;/h4,6-7,11H,2-3,5H2,1H3,(H,12,13,14);2*1H. The highest BCUT2D eigenvalue weighted by Gasteiger charge is 1.98. The van der Waals surface area contributed by atoms with Crippen LogP contribution in [0.3, 0.4) is 0 Å². The predicted molar refractivity (Wildman–Crippen MR) is 61.5 cm³/mol. The molecule has 4 heteroatoms. The minimum atomic E-state index is 0. The van der Waals surface area contributed by atoms with E-state index in [0.29, 0.717) is 5.95 Å². The molecule has 0 aromatic carbocycles. The summed E-state index contributed by atoms with van der Waals surface area (Å²) in [6, 6.07) is 1.95. The molecule has 0 spiro atoms. The molecular weight excluding hydrogens is 176 g/mol. The summed E-state index contributed by atoms with van der Waals surface area (Å²) in [5, 5.41) is 3.19. The highest BCUT2D eigenvalue weighted by atomic mass is 15.1. The van der Waals surface area contributed by atoms with Crippen molar-refractivity contribution >= 4 is 17.0 Å². The van der Waals surface area contributed by atoms with E-state index in [1.807, 2.05) is 12.3 Å². The van der Waals surface area contributed by atoms with E-state index in [-0.39, 0.29) is 2.85 Å². The number of hydrogen-bond acceptors (Lipinski definition) is 3. The average Bonchev–Trinajstić information content (AvgIpc) is 2.65. The van der Waals surface area contributed by atoms with Gasteiger partial charge in [-0.1, -0.05) is 13.3 Å². The maximum Gasteiger partial charge on any atom is 0.223 e. The van der Waals surface area contributed by atoms with Crippen LogP contribution in [0, 0.1) is 0 Å². The van der Waals surface area contributed by atoms with Crippen LogP contribution in [0.15, 0.2) is 18.5 Å². The van der Waals surface area contributed by atoms with Crippen LogP contribution in [0.5, 0.6) is 0 Å². The van der Waals surface area contributed by atoms with E-state index in [1.54, 1.807) is 6.20 Å². The van der Waals surface area contributed by atoms with Gasteiger partial charge in [0.2, 0.25) is 5.95 Å². The van der Waals surface area contributed by atoms with Crippen molar-refractivity contribution < 1.29 is 2.85 Å². The maximum atomic E-state index is 4.35. The lowest BCUT2D eigenvalue weighted by atomic mass is 10.3. The normalized spacial score (nSPS) is 10.6. The van der Waals surface area contributed by atoms with Gasteiger partial charge in [-0.25, -0.2) is 9.97 Å². The number of unbranched alkanes of at least 4 members (excludes halogenated alkanes) is 1. The molecule has 0 atom stereocenters. The summed E-state index contributed by atoms with van der Waals surface area (Å²) < 4.78 is 0. The van der Waals surface area contributed by atoms with E-state index < -0.39 is 0 Å². The van der Waals surface area contributed by atoms with E-state index in [1.165, 1.54) is 6.42 Å². The third kappa shape index (κ3) is 1.84. The van der Waals surface area contributed by atoms with Crippen molar-refractivity contribution in [1.82, 2.24) is 15.0 Å². The molecule has 2 heterocycles. The predicted octanol–water partition coefficient (Wildman–Crippen LogP) is 2.66. The molecule has 0 aliphatic rings. The van der Waals surface area contributed by atoms with E-state index >= 15 is 0 Å². The van der Waals surface area contributed by atoms with Gasteiger partial charge in [-0.05, 0) is 12.5 Å². The summed E-state index contributed by atoms with van der Waals surface area (Å²) >= 11 is 0. The number of anilines is 1. The van der Waals surface area contributed by atoms with Crippen molar-refractivity contribution in [1.29, 1.82) is 0 Å². The fraction of sp³-hybridized carbons (Fsp3) is 0.400. The molecule has 2 aromatic heterocycles. The molecule has 0 saturated heterocycles. The molecule has 14 heavy (non-hydrogen) atoms. The van der Waals surface area contributed by atoms with Gasteiger partial charge in [0.15, 0.2) is 0 Å². The van der Waals surface area contributed by atoms with Crippen LogP contribution < -0.4 is 5.32 Å².